The molecule has 0 aliphatic carbocycles. The molecular weight excluding hydrogens is 388 g/mol. The molecule has 0 radical (unpaired) electrons. The van der Waals surface area contributed by atoms with Crippen LogP contribution in [0.5, 0.6) is 5.75 Å². The van der Waals surface area contributed by atoms with Crippen LogP contribution in [0.25, 0.3) is 0 Å². The number of hydrogen-bond donors (Lipinski definition) is 2. The number of amides is 2. The molecule has 2 atom stereocenters. The van der Waals surface area contributed by atoms with Crippen molar-refractivity contribution < 1.29 is 14.3 Å². The van der Waals surface area contributed by atoms with Crippen molar-refractivity contribution in [1.82, 2.24) is 15.2 Å². The summed E-state index contributed by atoms with van der Waals surface area (Å²) in [6.45, 7) is 7.29. The van der Waals surface area contributed by atoms with Crippen LogP contribution in [0.1, 0.15) is 26.0 Å². The number of carbonyl (C=O) groups excluding carboxylic acids is 2. The van der Waals surface area contributed by atoms with Crippen LogP contribution in [0.15, 0.2) is 35.7 Å². The summed E-state index contributed by atoms with van der Waals surface area (Å²) in [5, 5.41) is 7.82. The molecule has 29 heavy (non-hydrogen) atoms. The third kappa shape index (κ3) is 7.14. The Morgan fingerprint density at radius 2 is 1.90 bits per heavy atom. The normalized spacial score (nSPS) is 19.5. The van der Waals surface area contributed by atoms with E-state index < -0.39 is 0 Å². The lowest BCUT2D eigenvalue weighted by molar-refractivity contribution is -0.125. The molecule has 1 aromatic heterocycles. The summed E-state index contributed by atoms with van der Waals surface area (Å²) in [5.74, 6) is 1.35. The highest BCUT2D eigenvalue weighted by atomic mass is 32.1. The summed E-state index contributed by atoms with van der Waals surface area (Å²) in [7, 11) is 0. The molecule has 0 bridgehead atoms. The number of rotatable bonds is 8. The smallest absolute Gasteiger partial charge is 0.258 e. The van der Waals surface area contributed by atoms with Crippen molar-refractivity contribution in [2.75, 3.05) is 31.6 Å². The van der Waals surface area contributed by atoms with Gasteiger partial charge in [0.15, 0.2) is 11.7 Å². The van der Waals surface area contributed by atoms with Crippen molar-refractivity contribution in [1.29, 1.82) is 0 Å². The minimum atomic E-state index is -0.350. The van der Waals surface area contributed by atoms with Gasteiger partial charge in [-0.3, -0.25) is 14.5 Å². The maximum Gasteiger partial charge on any atom is 0.258 e. The molecule has 2 heterocycles. The number of nitrogens with zero attached hydrogens (tertiary/aromatic N) is 2. The number of nitrogens with one attached hydrogen (secondary N) is 2. The first-order valence-electron chi connectivity index (χ1n) is 9.89. The van der Waals surface area contributed by atoms with Gasteiger partial charge in [0.05, 0.1) is 12.2 Å². The third-order valence-electron chi connectivity index (χ3n) is 4.69. The lowest BCUT2D eigenvalue weighted by Gasteiger charge is -2.34. The Balaban J connectivity index is 1.38. The van der Waals surface area contributed by atoms with Gasteiger partial charge < -0.3 is 15.4 Å². The molecule has 8 heteroatoms. The van der Waals surface area contributed by atoms with Gasteiger partial charge in [0.25, 0.3) is 5.91 Å². The predicted molar refractivity (Wildman–Crippen MR) is 114 cm³/mol. The topological polar surface area (TPSA) is 83.6 Å². The second-order valence-corrected chi connectivity index (χ2v) is 8.57. The molecule has 0 spiro atoms. The molecule has 1 aliphatic heterocycles. The van der Waals surface area contributed by atoms with Crippen LogP contribution in [0, 0.1) is 11.8 Å². The molecule has 2 amide bonds. The number of thiazole rings is 1. The first kappa shape index (κ1) is 21.3. The second-order valence-electron chi connectivity index (χ2n) is 7.71. The SMILES string of the molecule is C[C@@H]1C[C@@H](C)CN(Cc2csc(NC(=O)CNC(=O)COc3ccccc3)n2)C1. The largest absolute Gasteiger partial charge is 0.484 e. The van der Waals surface area contributed by atoms with Crippen LogP contribution in [0.2, 0.25) is 0 Å². The fraction of sp³-hybridized carbons (Fsp3) is 0.476. The van der Waals surface area contributed by atoms with Crippen molar-refractivity contribution in [3.05, 3.63) is 41.4 Å². The molecule has 1 aliphatic rings. The van der Waals surface area contributed by atoms with Crippen LogP contribution in [-0.2, 0) is 16.1 Å². The summed E-state index contributed by atoms with van der Waals surface area (Å²) in [4.78, 5) is 30.8. The standard InChI is InChI=1S/C21H28N4O3S/c1-15-8-16(2)11-25(10-15)12-17-14-29-21(23-17)24-19(26)9-22-20(27)13-28-18-6-4-3-5-7-18/h3-7,14-16H,8-13H2,1-2H3,(H,22,27)(H,23,24,26)/t15-,16-/m1/s1. The number of aromatic nitrogens is 1. The number of benzene rings is 1. The highest BCUT2D eigenvalue weighted by molar-refractivity contribution is 7.13. The lowest BCUT2D eigenvalue weighted by atomic mass is 9.92. The van der Waals surface area contributed by atoms with Gasteiger partial charge in [0.2, 0.25) is 5.91 Å². The Bertz CT molecular complexity index is 801. The van der Waals surface area contributed by atoms with E-state index in [0.29, 0.717) is 22.7 Å². The van der Waals surface area contributed by atoms with Crippen LogP contribution in [0.3, 0.4) is 0 Å². The zero-order valence-corrected chi connectivity index (χ0v) is 17.7. The van der Waals surface area contributed by atoms with E-state index >= 15 is 0 Å². The van der Waals surface area contributed by atoms with Crippen LogP contribution >= 0.6 is 11.3 Å². The Kier molecular flexibility index (Phi) is 7.60. The fourth-order valence-corrected chi connectivity index (χ4v) is 4.36. The number of hydrogen-bond acceptors (Lipinski definition) is 6. The van der Waals surface area contributed by atoms with E-state index in [9.17, 15) is 9.59 Å². The van der Waals surface area contributed by atoms with E-state index in [1.165, 1.54) is 17.8 Å². The van der Waals surface area contributed by atoms with E-state index in [-0.39, 0.29) is 25.0 Å². The molecule has 2 aromatic rings. The van der Waals surface area contributed by atoms with Crippen LogP contribution in [0.4, 0.5) is 5.13 Å². The Labute approximate surface area is 175 Å². The van der Waals surface area contributed by atoms with Gasteiger partial charge >= 0.3 is 0 Å². The zero-order valence-electron chi connectivity index (χ0n) is 16.9. The molecule has 3 rings (SSSR count). The first-order valence-corrected chi connectivity index (χ1v) is 10.8. The van der Waals surface area contributed by atoms with Gasteiger partial charge in [-0.2, -0.15) is 0 Å². The van der Waals surface area contributed by atoms with E-state index in [4.69, 9.17) is 4.74 Å². The fourth-order valence-electron chi connectivity index (χ4n) is 3.65. The van der Waals surface area contributed by atoms with E-state index in [1.807, 2.05) is 23.6 Å². The number of carbonyl (C=O) groups is 2. The van der Waals surface area contributed by atoms with Crippen molar-refractivity contribution >= 4 is 28.3 Å². The molecule has 156 valence electrons. The zero-order chi connectivity index (χ0) is 20.6. The first-order chi connectivity index (χ1) is 14.0. The van der Waals surface area contributed by atoms with Crippen molar-refractivity contribution in [2.45, 2.75) is 26.8 Å². The van der Waals surface area contributed by atoms with Gasteiger partial charge in [0, 0.05) is 25.0 Å². The number of likely N-dealkylation sites (tertiary alicyclic amines) is 1. The molecule has 0 saturated carbocycles. The molecule has 1 saturated heterocycles. The Morgan fingerprint density at radius 3 is 2.62 bits per heavy atom. The highest BCUT2D eigenvalue weighted by Crippen LogP contribution is 2.23. The maximum absolute atomic E-state index is 12.1. The molecule has 1 aromatic carbocycles. The van der Waals surface area contributed by atoms with Gasteiger partial charge in [0.1, 0.15) is 5.75 Å². The average molecular weight is 417 g/mol. The van der Waals surface area contributed by atoms with E-state index in [0.717, 1.165) is 25.3 Å². The number of para-hydroxylation sites is 1. The summed E-state index contributed by atoms with van der Waals surface area (Å²) in [6, 6.07) is 9.07. The molecule has 1 fully saturated rings. The van der Waals surface area contributed by atoms with Crippen LogP contribution in [-0.4, -0.2) is 47.9 Å². The van der Waals surface area contributed by atoms with Crippen molar-refractivity contribution in [2.24, 2.45) is 11.8 Å². The number of anilines is 1. The minimum absolute atomic E-state index is 0.118. The maximum atomic E-state index is 12.1. The summed E-state index contributed by atoms with van der Waals surface area (Å²) < 4.78 is 5.35. The summed E-state index contributed by atoms with van der Waals surface area (Å²) in [5.41, 5.74) is 0.965. The Hall–Kier alpha value is -2.45. The van der Waals surface area contributed by atoms with Gasteiger partial charge in [-0.1, -0.05) is 32.0 Å². The summed E-state index contributed by atoms with van der Waals surface area (Å²) >= 11 is 1.40. The lowest BCUT2D eigenvalue weighted by Crippen LogP contribution is -2.38. The van der Waals surface area contributed by atoms with Crippen LogP contribution < -0.4 is 15.4 Å². The molecule has 7 nitrogen and oxygen atoms in total. The summed E-state index contributed by atoms with van der Waals surface area (Å²) in [6.07, 6.45) is 1.27. The van der Waals surface area contributed by atoms with E-state index in [1.54, 1.807) is 12.1 Å². The number of ether oxygens (including phenoxy) is 1. The number of piperidine rings is 1. The molecule has 0 unspecified atom stereocenters. The molecular formula is C21H28N4O3S. The second kappa shape index (κ2) is 10.4. The predicted octanol–water partition coefficient (Wildman–Crippen LogP) is 2.75. The average Bonchev–Trinajstić information content (AvgIpc) is 3.11. The highest BCUT2D eigenvalue weighted by Gasteiger charge is 2.22. The van der Waals surface area contributed by atoms with Crippen molar-refractivity contribution in [3.8, 4) is 5.75 Å². The minimum Gasteiger partial charge on any atom is -0.484 e. The van der Waals surface area contributed by atoms with Gasteiger partial charge in [-0.05, 0) is 30.4 Å². The van der Waals surface area contributed by atoms with E-state index in [2.05, 4.69) is 34.4 Å². The monoisotopic (exact) mass is 416 g/mol. The molecule has 2 N–H and O–H groups in total. The van der Waals surface area contributed by atoms with Gasteiger partial charge in [-0.15, -0.1) is 11.3 Å². The third-order valence-corrected chi connectivity index (χ3v) is 5.49. The van der Waals surface area contributed by atoms with Gasteiger partial charge in [-0.25, -0.2) is 4.98 Å². The quantitative estimate of drug-likeness (QED) is 0.691. The van der Waals surface area contributed by atoms with Crippen molar-refractivity contribution in [3.63, 3.8) is 0 Å². The Morgan fingerprint density at radius 1 is 1.17 bits per heavy atom.